The molecule has 0 atom stereocenters. The van der Waals surface area contributed by atoms with E-state index in [4.69, 9.17) is 14.3 Å². The van der Waals surface area contributed by atoms with Gasteiger partial charge >= 0.3 is 5.97 Å². The summed E-state index contributed by atoms with van der Waals surface area (Å²) in [6.07, 6.45) is 1.37. The van der Waals surface area contributed by atoms with E-state index in [0.717, 1.165) is 11.4 Å². The van der Waals surface area contributed by atoms with Crippen LogP contribution in [0.2, 0.25) is 0 Å². The molecule has 0 spiro atoms. The highest BCUT2D eigenvalue weighted by Gasteiger charge is 2.13. The van der Waals surface area contributed by atoms with E-state index in [1.807, 2.05) is 24.3 Å². The number of hydrogen-bond donors (Lipinski definition) is 2. The molecule has 0 saturated heterocycles. The average molecular weight is 247 g/mol. The third-order valence-electron chi connectivity index (χ3n) is 2.51. The largest absolute Gasteiger partial charge is 0.497 e. The van der Waals surface area contributed by atoms with Crippen molar-refractivity contribution in [1.82, 2.24) is 0 Å². The predicted octanol–water partition coefficient (Wildman–Crippen LogP) is 2.60. The molecule has 94 valence electrons. The minimum atomic E-state index is -1.06. The Kier molecular flexibility index (Phi) is 3.52. The second-order valence-corrected chi connectivity index (χ2v) is 3.66. The van der Waals surface area contributed by atoms with E-state index >= 15 is 0 Å². The second kappa shape index (κ2) is 5.27. The van der Waals surface area contributed by atoms with Crippen molar-refractivity contribution in [3.05, 3.63) is 47.9 Å². The van der Waals surface area contributed by atoms with Gasteiger partial charge in [-0.15, -0.1) is 0 Å². The maximum absolute atomic E-state index is 10.8. The molecule has 0 aliphatic rings. The molecule has 0 radical (unpaired) electrons. The normalized spacial score (nSPS) is 10.1. The first-order valence-electron chi connectivity index (χ1n) is 5.38. The molecular weight excluding hydrogens is 234 g/mol. The zero-order valence-electron chi connectivity index (χ0n) is 9.84. The van der Waals surface area contributed by atoms with Crippen molar-refractivity contribution in [2.75, 3.05) is 12.4 Å². The van der Waals surface area contributed by atoms with Gasteiger partial charge in [0, 0.05) is 17.8 Å². The van der Waals surface area contributed by atoms with E-state index in [-0.39, 0.29) is 5.76 Å². The van der Waals surface area contributed by atoms with Crippen LogP contribution in [0, 0.1) is 0 Å². The summed E-state index contributed by atoms with van der Waals surface area (Å²) < 4.78 is 9.94. The third kappa shape index (κ3) is 2.63. The standard InChI is InChI=1S/C13H13NO4/c1-17-11-4-2-10(3-5-11)14-8-9-6-7-18-12(9)13(15)16/h2-7,14H,8H2,1H3,(H,15,16). The molecule has 5 heteroatoms. The Hall–Kier alpha value is -2.43. The van der Waals surface area contributed by atoms with E-state index in [1.54, 1.807) is 13.2 Å². The van der Waals surface area contributed by atoms with Crippen LogP contribution in [-0.4, -0.2) is 18.2 Å². The zero-order chi connectivity index (χ0) is 13.0. The number of carboxylic acid groups (broad SMARTS) is 1. The molecule has 1 heterocycles. The Balaban J connectivity index is 2.02. The van der Waals surface area contributed by atoms with Crippen LogP contribution in [0.3, 0.4) is 0 Å². The summed E-state index contributed by atoms with van der Waals surface area (Å²) >= 11 is 0. The molecule has 0 bridgehead atoms. The average Bonchev–Trinajstić information content (AvgIpc) is 2.85. The van der Waals surface area contributed by atoms with Gasteiger partial charge in [-0.05, 0) is 30.3 Å². The molecule has 0 aliphatic heterocycles. The van der Waals surface area contributed by atoms with Crippen LogP contribution in [0.4, 0.5) is 5.69 Å². The van der Waals surface area contributed by atoms with Crippen molar-refractivity contribution < 1.29 is 19.1 Å². The van der Waals surface area contributed by atoms with Crippen LogP contribution in [0.25, 0.3) is 0 Å². The maximum atomic E-state index is 10.8. The monoisotopic (exact) mass is 247 g/mol. The fraction of sp³-hybridized carbons (Fsp3) is 0.154. The predicted molar refractivity (Wildman–Crippen MR) is 66.0 cm³/mol. The Morgan fingerprint density at radius 1 is 1.33 bits per heavy atom. The molecule has 0 unspecified atom stereocenters. The summed E-state index contributed by atoms with van der Waals surface area (Å²) in [6, 6.07) is 9.02. The Labute approximate surface area is 104 Å². The van der Waals surface area contributed by atoms with Crippen LogP contribution in [-0.2, 0) is 6.54 Å². The Bertz CT molecular complexity index is 530. The van der Waals surface area contributed by atoms with Crippen molar-refractivity contribution in [3.63, 3.8) is 0 Å². The van der Waals surface area contributed by atoms with E-state index in [9.17, 15) is 4.79 Å². The van der Waals surface area contributed by atoms with E-state index in [1.165, 1.54) is 6.26 Å². The molecule has 1 aromatic heterocycles. The molecule has 2 N–H and O–H groups in total. The topological polar surface area (TPSA) is 71.7 Å². The van der Waals surface area contributed by atoms with Gasteiger partial charge < -0.3 is 19.6 Å². The molecule has 5 nitrogen and oxygen atoms in total. The van der Waals surface area contributed by atoms with Gasteiger partial charge in [0.2, 0.25) is 5.76 Å². The molecular formula is C13H13NO4. The minimum Gasteiger partial charge on any atom is -0.497 e. The molecule has 2 aromatic rings. The highest BCUT2D eigenvalue weighted by Crippen LogP contribution is 2.17. The molecule has 0 saturated carbocycles. The number of aromatic carboxylic acids is 1. The van der Waals surface area contributed by atoms with Gasteiger partial charge in [-0.3, -0.25) is 0 Å². The second-order valence-electron chi connectivity index (χ2n) is 3.66. The van der Waals surface area contributed by atoms with Crippen molar-refractivity contribution in [2.45, 2.75) is 6.54 Å². The van der Waals surface area contributed by atoms with Crippen LogP contribution >= 0.6 is 0 Å². The number of methoxy groups -OCH3 is 1. The smallest absolute Gasteiger partial charge is 0.372 e. The fourth-order valence-corrected chi connectivity index (χ4v) is 1.57. The highest BCUT2D eigenvalue weighted by atomic mass is 16.5. The number of anilines is 1. The lowest BCUT2D eigenvalue weighted by Gasteiger charge is -2.06. The fourth-order valence-electron chi connectivity index (χ4n) is 1.57. The number of benzene rings is 1. The lowest BCUT2D eigenvalue weighted by Crippen LogP contribution is -2.04. The van der Waals surface area contributed by atoms with Gasteiger partial charge in [-0.25, -0.2) is 4.79 Å². The number of hydrogen-bond acceptors (Lipinski definition) is 4. The van der Waals surface area contributed by atoms with Crippen molar-refractivity contribution in [3.8, 4) is 5.75 Å². The van der Waals surface area contributed by atoms with Gasteiger partial charge in [-0.1, -0.05) is 0 Å². The number of furan rings is 1. The molecule has 18 heavy (non-hydrogen) atoms. The number of carbonyl (C=O) groups is 1. The van der Waals surface area contributed by atoms with Gasteiger partial charge in [-0.2, -0.15) is 0 Å². The number of rotatable bonds is 5. The van der Waals surface area contributed by atoms with E-state index < -0.39 is 5.97 Å². The van der Waals surface area contributed by atoms with Crippen LogP contribution in [0.5, 0.6) is 5.75 Å². The summed E-state index contributed by atoms with van der Waals surface area (Å²) in [7, 11) is 1.60. The van der Waals surface area contributed by atoms with Gasteiger partial charge in [0.15, 0.2) is 0 Å². The third-order valence-corrected chi connectivity index (χ3v) is 2.51. The highest BCUT2D eigenvalue weighted by molar-refractivity contribution is 5.86. The lowest BCUT2D eigenvalue weighted by atomic mass is 10.2. The van der Waals surface area contributed by atoms with Gasteiger partial charge in [0.1, 0.15) is 5.75 Å². The van der Waals surface area contributed by atoms with Crippen LogP contribution < -0.4 is 10.1 Å². The maximum Gasteiger partial charge on any atom is 0.372 e. The Morgan fingerprint density at radius 2 is 2.06 bits per heavy atom. The van der Waals surface area contributed by atoms with E-state index in [0.29, 0.717) is 12.1 Å². The first-order valence-corrected chi connectivity index (χ1v) is 5.38. The summed E-state index contributed by atoms with van der Waals surface area (Å²) in [5.74, 6) is -0.322. The summed E-state index contributed by atoms with van der Waals surface area (Å²) in [5.41, 5.74) is 1.49. The minimum absolute atomic E-state index is 0.0315. The van der Waals surface area contributed by atoms with Crippen molar-refractivity contribution >= 4 is 11.7 Å². The quantitative estimate of drug-likeness (QED) is 0.849. The van der Waals surface area contributed by atoms with Crippen molar-refractivity contribution in [1.29, 1.82) is 0 Å². The first-order chi connectivity index (χ1) is 8.70. The lowest BCUT2D eigenvalue weighted by molar-refractivity contribution is 0.0661. The number of ether oxygens (including phenoxy) is 1. The summed E-state index contributed by atoms with van der Waals surface area (Å²) in [5, 5.41) is 12.0. The van der Waals surface area contributed by atoms with E-state index in [2.05, 4.69) is 5.32 Å². The zero-order valence-corrected chi connectivity index (χ0v) is 9.84. The van der Waals surface area contributed by atoms with Crippen LogP contribution in [0.15, 0.2) is 41.0 Å². The molecule has 2 rings (SSSR count). The molecule has 0 amide bonds. The summed E-state index contributed by atoms with van der Waals surface area (Å²) in [6.45, 7) is 0.393. The van der Waals surface area contributed by atoms with Crippen molar-refractivity contribution in [2.24, 2.45) is 0 Å². The number of nitrogens with one attached hydrogen (secondary N) is 1. The Morgan fingerprint density at radius 3 is 2.67 bits per heavy atom. The van der Waals surface area contributed by atoms with Crippen LogP contribution in [0.1, 0.15) is 16.1 Å². The van der Waals surface area contributed by atoms with Gasteiger partial charge in [0.25, 0.3) is 0 Å². The molecule has 0 fully saturated rings. The molecule has 1 aromatic carbocycles. The first kappa shape index (κ1) is 12.0. The molecule has 0 aliphatic carbocycles. The summed E-state index contributed by atoms with van der Waals surface area (Å²) in [4.78, 5) is 10.8. The van der Waals surface area contributed by atoms with Gasteiger partial charge in [0.05, 0.1) is 13.4 Å². The number of carboxylic acids is 1. The SMILES string of the molecule is COc1ccc(NCc2ccoc2C(=O)O)cc1.